The van der Waals surface area contributed by atoms with E-state index in [0.717, 1.165) is 29.3 Å². The number of hydrogen-bond acceptors (Lipinski definition) is 4. The molecule has 1 aromatic carbocycles. The van der Waals surface area contributed by atoms with Gasteiger partial charge >= 0.3 is 0 Å². The molecular formula is C13H15N3O2. The predicted octanol–water partition coefficient (Wildman–Crippen LogP) is 1.14. The Kier molecular flexibility index (Phi) is 2.90. The minimum atomic E-state index is 0.596. The van der Waals surface area contributed by atoms with Crippen LogP contribution in [-0.2, 0) is 6.42 Å². The molecule has 0 spiro atoms. The van der Waals surface area contributed by atoms with E-state index in [-0.39, 0.29) is 0 Å². The number of nitrogens with two attached hydrogens (primary N) is 1. The fourth-order valence-corrected chi connectivity index (χ4v) is 1.97. The van der Waals surface area contributed by atoms with Gasteiger partial charge in [0.05, 0.1) is 17.7 Å². The topological polar surface area (TPSA) is 62.3 Å². The van der Waals surface area contributed by atoms with E-state index < -0.39 is 0 Å². The molecule has 0 bridgehead atoms. The molecule has 1 aliphatic heterocycles. The van der Waals surface area contributed by atoms with Crippen LogP contribution in [0.5, 0.6) is 11.5 Å². The summed E-state index contributed by atoms with van der Waals surface area (Å²) >= 11 is 0. The van der Waals surface area contributed by atoms with Crippen molar-refractivity contribution in [2.75, 3.05) is 19.8 Å². The molecule has 0 atom stereocenters. The van der Waals surface area contributed by atoms with E-state index in [1.165, 1.54) is 0 Å². The van der Waals surface area contributed by atoms with Crippen molar-refractivity contribution in [3.05, 3.63) is 36.4 Å². The van der Waals surface area contributed by atoms with Gasteiger partial charge in [0.1, 0.15) is 13.2 Å². The number of hydrogen-bond donors (Lipinski definition) is 1. The molecule has 1 aliphatic rings. The molecule has 2 heterocycles. The fraction of sp³-hybridized carbons (Fsp3) is 0.308. The van der Waals surface area contributed by atoms with Crippen LogP contribution in [0.2, 0.25) is 0 Å². The Morgan fingerprint density at radius 2 is 2.06 bits per heavy atom. The number of ether oxygens (including phenoxy) is 2. The molecule has 0 amide bonds. The lowest BCUT2D eigenvalue weighted by Crippen LogP contribution is -2.15. The zero-order chi connectivity index (χ0) is 12.4. The molecule has 18 heavy (non-hydrogen) atoms. The number of rotatable bonds is 3. The smallest absolute Gasteiger partial charge is 0.163 e. The molecule has 2 N–H and O–H groups in total. The first-order valence-corrected chi connectivity index (χ1v) is 6.00. The van der Waals surface area contributed by atoms with Crippen molar-refractivity contribution in [3.8, 4) is 17.2 Å². The lowest BCUT2D eigenvalue weighted by molar-refractivity contribution is 0.171. The highest BCUT2D eigenvalue weighted by atomic mass is 16.6. The van der Waals surface area contributed by atoms with Gasteiger partial charge in [0.25, 0.3) is 0 Å². The van der Waals surface area contributed by atoms with Gasteiger partial charge in [-0.3, -0.25) is 0 Å². The first-order chi connectivity index (χ1) is 8.86. The lowest BCUT2D eigenvalue weighted by atomic mass is 10.2. The average Bonchev–Trinajstić information content (AvgIpc) is 2.87. The minimum absolute atomic E-state index is 0.596. The third-order valence-corrected chi connectivity index (χ3v) is 2.86. The van der Waals surface area contributed by atoms with Crippen molar-refractivity contribution >= 4 is 0 Å². The Balaban J connectivity index is 1.91. The number of imidazole rings is 1. The van der Waals surface area contributed by atoms with Crippen molar-refractivity contribution in [2.45, 2.75) is 6.42 Å². The van der Waals surface area contributed by atoms with E-state index in [0.29, 0.717) is 19.8 Å². The Bertz CT molecular complexity index is 551. The van der Waals surface area contributed by atoms with Crippen LogP contribution < -0.4 is 15.2 Å². The van der Waals surface area contributed by atoms with Crippen LogP contribution in [0.25, 0.3) is 5.69 Å². The number of fused-ring (bicyclic) bond motifs is 1. The van der Waals surface area contributed by atoms with Crippen LogP contribution in [0.15, 0.2) is 30.7 Å². The standard InChI is InChI=1S/C13H15N3O2/c14-4-3-10-8-16(9-15-10)11-1-2-12-13(7-11)18-6-5-17-12/h1-2,7-9H,3-6,14H2. The van der Waals surface area contributed by atoms with Crippen LogP contribution in [0, 0.1) is 0 Å². The van der Waals surface area contributed by atoms with E-state index in [9.17, 15) is 0 Å². The van der Waals surface area contributed by atoms with Crippen molar-refractivity contribution in [3.63, 3.8) is 0 Å². The Labute approximate surface area is 105 Å². The minimum Gasteiger partial charge on any atom is -0.486 e. The average molecular weight is 245 g/mol. The van der Waals surface area contributed by atoms with Crippen molar-refractivity contribution < 1.29 is 9.47 Å². The summed E-state index contributed by atoms with van der Waals surface area (Å²) in [5.74, 6) is 1.58. The molecule has 5 heteroatoms. The van der Waals surface area contributed by atoms with Gasteiger partial charge in [0.15, 0.2) is 11.5 Å². The molecule has 0 fully saturated rings. The quantitative estimate of drug-likeness (QED) is 0.881. The third kappa shape index (κ3) is 2.04. The van der Waals surface area contributed by atoms with Gasteiger partial charge in [0.2, 0.25) is 0 Å². The van der Waals surface area contributed by atoms with E-state index in [1.807, 2.05) is 29.0 Å². The van der Waals surface area contributed by atoms with Crippen LogP contribution in [0.4, 0.5) is 0 Å². The lowest BCUT2D eigenvalue weighted by Gasteiger charge is -2.18. The Morgan fingerprint density at radius 1 is 1.22 bits per heavy atom. The summed E-state index contributed by atoms with van der Waals surface area (Å²) in [4.78, 5) is 4.31. The molecule has 0 radical (unpaired) electrons. The maximum atomic E-state index is 5.56. The van der Waals surface area contributed by atoms with Gasteiger partial charge in [-0.2, -0.15) is 0 Å². The molecule has 0 saturated carbocycles. The second kappa shape index (κ2) is 4.70. The second-order valence-electron chi connectivity index (χ2n) is 4.14. The maximum absolute atomic E-state index is 5.56. The molecule has 1 aromatic heterocycles. The number of aromatic nitrogens is 2. The summed E-state index contributed by atoms with van der Waals surface area (Å²) in [7, 11) is 0. The molecule has 0 saturated heterocycles. The zero-order valence-electron chi connectivity index (χ0n) is 10.0. The highest BCUT2D eigenvalue weighted by Crippen LogP contribution is 2.31. The summed E-state index contributed by atoms with van der Waals surface area (Å²) in [6.07, 6.45) is 4.56. The molecule has 0 unspecified atom stereocenters. The zero-order valence-corrected chi connectivity index (χ0v) is 10.0. The van der Waals surface area contributed by atoms with Gasteiger partial charge < -0.3 is 19.8 Å². The summed E-state index contributed by atoms with van der Waals surface area (Å²) in [5.41, 5.74) is 7.52. The highest BCUT2D eigenvalue weighted by molar-refractivity contribution is 5.49. The SMILES string of the molecule is NCCc1cn(-c2ccc3c(c2)OCCO3)cn1. The van der Waals surface area contributed by atoms with Crippen LogP contribution in [-0.4, -0.2) is 29.3 Å². The predicted molar refractivity (Wildman–Crippen MR) is 67.3 cm³/mol. The monoisotopic (exact) mass is 245 g/mol. The van der Waals surface area contributed by atoms with Crippen LogP contribution >= 0.6 is 0 Å². The van der Waals surface area contributed by atoms with Crippen LogP contribution in [0.1, 0.15) is 5.69 Å². The van der Waals surface area contributed by atoms with Gasteiger partial charge in [0, 0.05) is 18.7 Å². The molecule has 94 valence electrons. The van der Waals surface area contributed by atoms with Gasteiger partial charge in [-0.1, -0.05) is 0 Å². The summed E-state index contributed by atoms with van der Waals surface area (Å²) < 4.78 is 13.0. The maximum Gasteiger partial charge on any atom is 0.163 e. The molecule has 2 aromatic rings. The van der Waals surface area contributed by atoms with E-state index in [2.05, 4.69) is 4.98 Å². The Morgan fingerprint density at radius 3 is 2.89 bits per heavy atom. The van der Waals surface area contributed by atoms with Crippen molar-refractivity contribution in [1.82, 2.24) is 9.55 Å². The van der Waals surface area contributed by atoms with Crippen molar-refractivity contribution in [2.24, 2.45) is 5.73 Å². The molecule has 5 nitrogen and oxygen atoms in total. The van der Waals surface area contributed by atoms with E-state index >= 15 is 0 Å². The first-order valence-electron chi connectivity index (χ1n) is 6.00. The Hall–Kier alpha value is -2.01. The van der Waals surface area contributed by atoms with E-state index in [1.54, 1.807) is 6.33 Å². The largest absolute Gasteiger partial charge is 0.486 e. The fourth-order valence-electron chi connectivity index (χ4n) is 1.97. The normalized spacial score (nSPS) is 13.6. The summed E-state index contributed by atoms with van der Waals surface area (Å²) in [5, 5.41) is 0. The molecule has 0 aliphatic carbocycles. The van der Waals surface area contributed by atoms with E-state index in [4.69, 9.17) is 15.2 Å². The van der Waals surface area contributed by atoms with Gasteiger partial charge in [-0.05, 0) is 18.7 Å². The second-order valence-corrected chi connectivity index (χ2v) is 4.14. The summed E-state index contributed by atoms with van der Waals surface area (Å²) in [6.45, 7) is 1.81. The highest BCUT2D eigenvalue weighted by Gasteiger charge is 2.12. The first kappa shape index (κ1) is 11.1. The van der Waals surface area contributed by atoms with Crippen molar-refractivity contribution in [1.29, 1.82) is 0 Å². The van der Waals surface area contributed by atoms with Gasteiger partial charge in [-0.25, -0.2) is 4.98 Å². The van der Waals surface area contributed by atoms with Crippen LogP contribution in [0.3, 0.4) is 0 Å². The number of benzene rings is 1. The molecular weight excluding hydrogens is 230 g/mol. The third-order valence-electron chi connectivity index (χ3n) is 2.86. The summed E-state index contributed by atoms with van der Waals surface area (Å²) in [6, 6.07) is 5.87. The van der Waals surface area contributed by atoms with Gasteiger partial charge in [-0.15, -0.1) is 0 Å². The number of nitrogens with zero attached hydrogens (tertiary/aromatic N) is 2. The molecule has 3 rings (SSSR count).